The highest BCUT2D eigenvalue weighted by atomic mass is 16.7. The number of carbonyl (C=O) groups is 2. The Kier molecular flexibility index (Phi) is 9.94. The maximum atomic E-state index is 12.6. The first kappa shape index (κ1) is 31.6. The van der Waals surface area contributed by atoms with Crippen molar-refractivity contribution in [1.82, 2.24) is 10.6 Å². The van der Waals surface area contributed by atoms with Gasteiger partial charge in [-0.25, -0.2) is 9.59 Å². The number of carbonyl (C=O) groups excluding carboxylic acids is 2. The first-order valence-electron chi connectivity index (χ1n) is 13.2. The summed E-state index contributed by atoms with van der Waals surface area (Å²) in [5.74, 6) is 0. The molecule has 14 heteroatoms. The summed E-state index contributed by atoms with van der Waals surface area (Å²) in [6.07, 6.45) is 0.276. The lowest BCUT2D eigenvalue weighted by molar-refractivity contribution is -0.385. The Morgan fingerprint density at radius 3 is 1.83 bits per heavy atom. The minimum atomic E-state index is -0.818. The molecular weight excluding hydrogens is 548 g/mol. The standard InChI is InChI=1S/C28H34N6O8/c1-18(21-10-6-8-12-23(21)33(37)38)31-41-25(35)29-17-28(5)15-20(14-27(3,4)16-28)30-26(36)42-32-19(2)22-11-7-9-13-24(22)34(39)40/h6-13,20H,14-17H2,1-5H3,(H,29,35)(H,30,36)/b31-18+,32-19+. The third-order valence-electron chi connectivity index (χ3n) is 6.94. The molecule has 0 aromatic heterocycles. The van der Waals surface area contributed by atoms with E-state index in [9.17, 15) is 29.8 Å². The molecule has 0 saturated heterocycles. The summed E-state index contributed by atoms with van der Waals surface area (Å²) in [4.78, 5) is 56.4. The fourth-order valence-corrected chi connectivity index (χ4v) is 5.58. The lowest BCUT2D eigenvalue weighted by atomic mass is 9.62. The average Bonchev–Trinajstić information content (AvgIpc) is 2.92. The lowest BCUT2D eigenvalue weighted by Crippen LogP contribution is -2.50. The molecule has 2 aromatic carbocycles. The van der Waals surface area contributed by atoms with Crippen molar-refractivity contribution in [2.45, 2.75) is 59.9 Å². The van der Waals surface area contributed by atoms with Gasteiger partial charge in [-0.2, -0.15) is 0 Å². The van der Waals surface area contributed by atoms with Crippen LogP contribution in [0.15, 0.2) is 58.8 Å². The number of nitro benzene ring substituents is 2. The number of oxime groups is 2. The summed E-state index contributed by atoms with van der Waals surface area (Å²) < 4.78 is 0. The molecule has 2 amide bonds. The Morgan fingerprint density at radius 2 is 1.33 bits per heavy atom. The van der Waals surface area contributed by atoms with E-state index in [1.165, 1.54) is 50.2 Å². The highest BCUT2D eigenvalue weighted by Gasteiger charge is 2.42. The van der Waals surface area contributed by atoms with Gasteiger partial charge in [-0.3, -0.25) is 29.9 Å². The van der Waals surface area contributed by atoms with Gasteiger partial charge in [0.25, 0.3) is 11.4 Å². The van der Waals surface area contributed by atoms with Crippen LogP contribution in [0.1, 0.15) is 65.0 Å². The molecule has 2 unspecified atom stereocenters. The van der Waals surface area contributed by atoms with Crippen LogP contribution in [-0.4, -0.2) is 46.0 Å². The molecular formula is C28H34N6O8. The van der Waals surface area contributed by atoms with Crippen molar-refractivity contribution in [3.05, 3.63) is 79.9 Å². The van der Waals surface area contributed by atoms with Gasteiger partial charge < -0.3 is 10.6 Å². The van der Waals surface area contributed by atoms with E-state index < -0.39 is 27.4 Å². The van der Waals surface area contributed by atoms with E-state index in [0.29, 0.717) is 12.8 Å². The maximum absolute atomic E-state index is 12.6. The summed E-state index contributed by atoms with van der Waals surface area (Å²) in [6, 6.07) is 11.7. The van der Waals surface area contributed by atoms with Crippen LogP contribution in [0.3, 0.4) is 0 Å². The van der Waals surface area contributed by atoms with Crippen molar-refractivity contribution in [3.63, 3.8) is 0 Å². The predicted molar refractivity (Wildman–Crippen MR) is 154 cm³/mol. The number of benzene rings is 2. The van der Waals surface area contributed by atoms with Crippen LogP contribution in [0.25, 0.3) is 0 Å². The van der Waals surface area contributed by atoms with Crippen LogP contribution in [0.5, 0.6) is 0 Å². The molecule has 2 aromatic rings. The van der Waals surface area contributed by atoms with Gasteiger partial charge in [0.1, 0.15) is 0 Å². The zero-order valence-electron chi connectivity index (χ0n) is 24.1. The molecule has 0 radical (unpaired) electrons. The van der Waals surface area contributed by atoms with Crippen molar-refractivity contribution in [1.29, 1.82) is 0 Å². The van der Waals surface area contributed by atoms with Gasteiger partial charge in [0.15, 0.2) is 0 Å². The largest absolute Gasteiger partial charge is 0.433 e. The van der Waals surface area contributed by atoms with E-state index in [1.54, 1.807) is 12.1 Å². The van der Waals surface area contributed by atoms with Crippen LogP contribution in [0.4, 0.5) is 21.0 Å². The van der Waals surface area contributed by atoms with Gasteiger partial charge in [-0.1, -0.05) is 55.3 Å². The number of nitrogens with one attached hydrogen (secondary N) is 2. The molecule has 42 heavy (non-hydrogen) atoms. The number of nitro groups is 2. The molecule has 14 nitrogen and oxygen atoms in total. The van der Waals surface area contributed by atoms with E-state index >= 15 is 0 Å². The van der Waals surface area contributed by atoms with Gasteiger partial charge in [-0.05, 0) is 56.1 Å². The number of hydrogen-bond donors (Lipinski definition) is 2. The molecule has 0 heterocycles. The van der Waals surface area contributed by atoms with Crippen LogP contribution in [-0.2, 0) is 9.68 Å². The average molecular weight is 583 g/mol. The molecule has 1 aliphatic carbocycles. The van der Waals surface area contributed by atoms with Gasteiger partial charge >= 0.3 is 12.2 Å². The first-order valence-corrected chi connectivity index (χ1v) is 13.2. The first-order chi connectivity index (χ1) is 19.7. The molecule has 224 valence electrons. The maximum Gasteiger partial charge on any atom is 0.433 e. The van der Waals surface area contributed by atoms with Crippen molar-refractivity contribution >= 4 is 35.0 Å². The zero-order chi connectivity index (χ0) is 31.1. The third-order valence-corrected chi connectivity index (χ3v) is 6.94. The van der Waals surface area contributed by atoms with E-state index in [2.05, 4.69) is 34.8 Å². The number of hydrogen-bond acceptors (Lipinski definition) is 10. The quantitative estimate of drug-likeness (QED) is 0.163. The number of amides is 2. The monoisotopic (exact) mass is 582 g/mol. The van der Waals surface area contributed by atoms with Gasteiger partial charge in [0.05, 0.1) is 32.4 Å². The normalized spacial score (nSPS) is 20.3. The van der Waals surface area contributed by atoms with Crippen LogP contribution in [0, 0.1) is 31.1 Å². The molecule has 1 saturated carbocycles. The highest BCUT2D eigenvalue weighted by Crippen LogP contribution is 2.45. The Balaban J connectivity index is 1.59. The molecule has 0 spiro atoms. The van der Waals surface area contributed by atoms with E-state index in [0.717, 1.165) is 6.42 Å². The van der Waals surface area contributed by atoms with Crippen molar-refractivity contribution in [2.24, 2.45) is 21.1 Å². The van der Waals surface area contributed by atoms with E-state index in [4.69, 9.17) is 9.68 Å². The van der Waals surface area contributed by atoms with Crippen LogP contribution >= 0.6 is 0 Å². The summed E-state index contributed by atoms with van der Waals surface area (Å²) in [7, 11) is 0. The van der Waals surface area contributed by atoms with Gasteiger partial charge in [0, 0.05) is 24.7 Å². The number of rotatable bonds is 9. The Bertz CT molecular complexity index is 1420. The Hall–Kier alpha value is -4.88. The van der Waals surface area contributed by atoms with E-state index in [-0.39, 0.29) is 51.9 Å². The minimum absolute atomic E-state index is 0.152. The zero-order valence-corrected chi connectivity index (χ0v) is 24.1. The van der Waals surface area contributed by atoms with Crippen molar-refractivity contribution in [3.8, 4) is 0 Å². The summed E-state index contributed by atoms with van der Waals surface area (Å²) in [5.41, 5.74) is -0.112. The fraction of sp³-hybridized carbons (Fsp3) is 0.429. The van der Waals surface area contributed by atoms with Crippen LogP contribution < -0.4 is 10.6 Å². The smallest absolute Gasteiger partial charge is 0.319 e. The molecule has 0 bridgehead atoms. The fourth-order valence-electron chi connectivity index (χ4n) is 5.58. The SMILES string of the molecule is C/C(=N\OC(=O)NCC1(C)CC(NC(=O)O/N=C(\C)c2ccccc2[N+](=O)[O-])CC(C)(C)C1)c1ccccc1[N+](=O)[O-]. The second-order valence-corrected chi connectivity index (χ2v) is 11.4. The van der Waals surface area contributed by atoms with Gasteiger partial charge in [-0.15, -0.1) is 0 Å². The molecule has 0 aliphatic heterocycles. The Morgan fingerprint density at radius 1 is 0.857 bits per heavy atom. The number of nitrogens with zero attached hydrogens (tertiary/aromatic N) is 4. The molecule has 2 N–H and O–H groups in total. The van der Waals surface area contributed by atoms with E-state index in [1.807, 2.05) is 6.92 Å². The summed E-state index contributed by atoms with van der Waals surface area (Å²) in [6.45, 7) is 9.32. The second-order valence-electron chi connectivity index (χ2n) is 11.4. The third kappa shape index (κ3) is 8.56. The molecule has 1 aliphatic rings. The van der Waals surface area contributed by atoms with Crippen LogP contribution in [0.2, 0.25) is 0 Å². The number of para-hydroxylation sites is 2. The molecule has 1 fully saturated rings. The van der Waals surface area contributed by atoms with Gasteiger partial charge in [0.2, 0.25) is 0 Å². The Labute approximate surface area is 242 Å². The van der Waals surface area contributed by atoms with Crippen molar-refractivity contribution in [2.75, 3.05) is 6.54 Å². The van der Waals surface area contributed by atoms with Crippen molar-refractivity contribution < 1.29 is 29.1 Å². The molecule has 3 rings (SSSR count). The second kappa shape index (κ2) is 13.2. The summed E-state index contributed by atoms with van der Waals surface area (Å²) >= 11 is 0. The highest BCUT2D eigenvalue weighted by molar-refractivity contribution is 6.02. The summed E-state index contributed by atoms with van der Waals surface area (Å²) in [5, 5.41) is 35.6. The topological polar surface area (TPSA) is 188 Å². The predicted octanol–water partition coefficient (Wildman–Crippen LogP) is 5.69. The lowest BCUT2D eigenvalue weighted by Gasteiger charge is -2.46. The minimum Gasteiger partial charge on any atom is -0.319 e. The molecule has 2 atom stereocenters.